The Morgan fingerprint density at radius 2 is 1.89 bits per heavy atom. The average molecular weight is 498 g/mol. The lowest BCUT2D eigenvalue weighted by Crippen LogP contribution is -2.53. The largest absolute Gasteiger partial charge is 0.417 e. The number of likely N-dealkylation sites (tertiary alicyclic amines) is 1. The van der Waals surface area contributed by atoms with E-state index in [1.807, 2.05) is 41.0 Å². The molecule has 2 heterocycles. The van der Waals surface area contributed by atoms with Gasteiger partial charge in [0.15, 0.2) is 0 Å². The molecular weight excluding hydrogens is 467 g/mol. The lowest BCUT2D eigenvalue weighted by Gasteiger charge is -2.44. The van der Waals surface area contributed by atoms with E-state index < -0.39 is 11.7 Å². The standard InChI is InChI=1S/C28H30F3N3O2/c1-19-2-6-21(7-3-19)26(35)33-11-10-23-14-34(17-27(23,16-33)18-36-15-20-4-5-20)24-9-8-22(13-32)25(12-24)28(29,30)31/h2-3,6-9,12,20,23H,4-5,10-11,14-18H2,1H3/t23-,27+/m0/s1. The van der Waals surface area contributed by atoms with Gasteiger partial charge < -0.3 is 14.5 Å². The highest BCUT2D eigenvalue weighted by Gasteiger charge is 2.51. The molecule has 0 spiro atoms. The van der Waals surface area contributed by atoms with Crippen molar-refractivity contribution in [2.24, 2.45) is 17.3 Å². The van der Waals surface area contributed by atoms with Gasteiger partial charge in [-0.25, -0.2) is 0 Å². The second kappa shape index (κ2) is 9.44. The van der Waals surface area contributed by atoms with Crippen LogP contribution in [-0.2, 0) is 10.9 Å². The fourth-order valence-corrected chi connectivity index (χ4v) is 5.61. The minimum absolute atomic E-state index is 0.0220. The van der Waals surface area contributed by atoms with Crippen LogP contribution in [0.3, 0.4) is 0 Å². The summed E-state index contributed by atoms with van der Waals surface area (Å²) in [4.78, 5) is 17.2. The maximum atomic E-state index is 13.6. The molecule has 2 aromatic rings. The van der Waals surface area contributed by atoms with Gasteiger partial charge in [-0.1, -0.05) is 17.7 Å². The number of carbonyl (C=O) groups is 1. The molecule has 0 aromatic heterocycles. The van der Waals surface area contributed by atoms with Crippen LogP contribution in [0.1, 0.15) is 46.3 Å². The Kier molecular flexibility index (Phi) is 6.46. The van der Waals surface area contributed by atoms with Gasteiger partial charge in [-0.15, -0.1) is 0 Å². The Labute approximate surface area is 209 Å². The summed E-state index contributed by atoms with van der Waals surface area (Å²) in [5.74, 6) is 0.772. The molecule has 5 rings (SSSR count). The number of aryl methyl sites for hydroxylation is 1. The van der Waals surface area contributed by atoms with Gasteiger partial charge in [0, 0.05) is 49.5 Å². The first-order valence-electron chi connectivity index (χ1n) is 12.5. The van der Waals surface area contributed by atoms with E-state index in [1.165, 1.54) is 18.9 Å². The number of piperidine rings is 1. The number of benzene rings is 2. The Balaban J connectivity index is 1.40. The summed E-state index contributed by atoms with van der Waals surface area (Å²) in [5.41, 5.74) is 0.536. The van der Waals surface area contributed by atoms with Crippen LogP contribution in [-0.4, -0.2) is 50.2 Å². The predicted molar refractivity (Wildman–Crippen MR) is 130 cm³/mol. The summed E-state index contributed by atoms with van der Waals surface area (Å²) in [6.07, 6.45) is -1.49. The molecule has 0 radical (unpaired) electrons. The van der Waals surface area contributed by atoms with Gasteiger partial charge >= 0.3 is 6.18 Å². The first-order chi connectivity index (χ1) is 17.2. The van der Waals surface area contributed by atoms with E-state index in [2.05, 4.69) is 0 Å². The quantitative estimate of drug-likeness (QED) is 0.545. The third kappa shape index (κ3) is 4.94. The average Bonchev–Trinajstić information content (AvgIpc) is 3.60. The number of halogens is 3. The van der Waals surface area contributed by atoms with Crippen molar-refractivity contribution >= 4 is 11.6 Å². The topological polar surface area (TPSA) is 56.6 Å². The second-order valence-electron chi connectivity index (χ2n) is 10.6. The molecule has 1 amide bonds. The van der Waals surface area contributed by atoms with E-state index in [9.17, 15) is 18.0 Å². The number of hydrogen-bond donors (Lipinski definition) is 0. The maximum Gasteiger partial charge on any atom is 0.417 e. The third-order valence-corrected chi connectivity index (χ3v) is 7.89. The molecule has 3 aliphatic rings. The van der Waals surface area contributed by atoms with Crippen molar-refractivity contribution in [3.05, 3.63) is 64.7 Å². The van der Waals surface area contributed by atoms with E-state index >= 15 is 0 Å². The molecule has 8 heteroatoms. The van der Waals surface area contributed by atoms with Gasteiger partial charge in [-0.05, 0) is 68.4 Å². The molecule has 2 saturated heterocycles. The zero-order valence-corrected chi connectivity index (χ0v) is 20.4. The Morgan fingerprint density at radius 3 is 2.56 bits per heavy atom. The number of hydrogen-bond acceptors (Lipinski definition) is 4. The van der Waals surface area contributed by atoms with Gasteiger partial charge in [-0.2, -0.15) is 18.4 Å². The second-order valence-corrected chi connectivity index (χ2v) is 10.6. The van der Waals surface area contributed by atoms with Crippen LogP contribution >= 0.6 is 0 Å². The minimum Gasteiger partial charge on any atom is -0.380 e. The molecular formula is C28H30F3N3O2. The number of ether oxygens (including phenoxy) is 1. The van der Waals surface area contributed by atoms with Crippen LogP contribution in [0.4, 0.5) is 18.9 Å². The number of amides is 1. The smallest absolute Gasteiger partial charge is 0.380 e. The number of fused-ring (bicyclic) bond motifs is 1. The molecule has 2 atom stereocenters. The molecule has 0 N–H and O–H groups in total. The summed E-state index contributed by atoms with van der Waals surface area (Å²) in [6.45, 7) is 5.36. The van der Waals surface area contributed by atoms with Crippen molar-refractivity contribution in [3.63, 3.8) is 0 Å². The molecule has 3 fully saturated rings. The monoisotopic (exact) mass is 497 g/mol. The fourth-order valence-electron chi connectivity index (χ4n) is 5.61. The summed E-state index contributed by atoms with van der Waals surface area (Å²) in [6, 6.07) is 13.1. The van der Waals surface area contributed by atoms with Crippen LogP contribution in [0.5, 0.6) is 0 Å². The highest BCUT2D eigenvalue weighted by atomic mass is 19.4. The number of nitriles is 1. The molecule has 5 nitrogen and oxygen atoms in total. The van der Waals surface area contributed by atoms with Crippen LogP contribution in [0.2, 0.25) is 0 Å². The molecule has 190 valence electrons. The summed E-state index contributed by atoms with van der Waals surface area (Å²) >= 11 is 0. The van der Waals surface area contributed by atoms with Gasteiger partial charge in [0.2, 0.25) is 0 Å². The van der Waals surface area contributed by atoms with Crippen molar-refractivity contribution in [2.75, 3.05) is 44.3 Å². The molecule has 2 aliphatic heterocycles. The molecule has 36 heavy (non-hydrogen) atoms. The van der Waals surface area contributed by atoms with Gasteiger partial charge in [0.25, 0.3) is 5.91 Å². The van der Waals surface area contributed by atoms with E-state index in [1.54, 1.807) is 12.1 Å². The fraction of sp³-hybridized carbons (Fsp3) is 0.500. The van der Waals surface area contributed by atoms with Crippen molar-refractivity contribution < 1.29 is 22.7 Å². The zero-order valence-electron chi connectivity index (χ0n) is 20.4. The van der Waals surface area contributed by atoms with Crippen LogP contribution < -0.4 is 4.90 Å². The molecule has 0 unspecified atom stereocenters. The van der Waals surface area contributed by atoms with Gasteiger partial charge in [-0.3, -0.25) is 4.79 Å². The Hall–Kier alpha value is -3.05. The number of alkyl halides is 3. The van der Waals surface area contributed by atoms with Crippen LogP contribution in [0.25, 0.3) is 0 Å². The highest BCUT2D eigenvalue weighted by Crippen LogP contribution is 2.45. The van der Waals surface area contributed by atoms with E-state index in [4.69, 9.17) is 10.00 Å². The van der Waals surface area contributed by atoms with E-state index in [0.717, 1.165) is 18.1 Å². The SMILES string of the molecule is Cc1ccc(C(=O)N2CC[C@H]3CN(c4ccc(C#N)c(C(F)(F)F)c4)C[C@@]3(COCC3CC3)C2)cc1. The Bertz CT molecular complexity index is 1170. The van der Waals surface area contributed by atoms with Crippen molar-refractivity contribution in [3.8, 4) is 6.07 Å². The summed E-state index contributed by atoms with van der Waals surface area (Å²) in [7, 11) is 0. The van der Waals surface area contributed by atoms with E-state index in [-0.39, 0.29) is 22.8 Å². The number of rotatable bonds is 6. The molecule has 2 aromatic carbocycles. The normalized spacial score (nSPS) is 23.9. The molecule has 1 aliphatic carbocycles. The van der Waals surface area contributed by atoms with E-state index in [0.29, 0.717) is 56.6 Å². The third-order valence-electron chi connectivity index (χ3n) is 7.89. The van der Waals surface area contributed by atoms with Crippen LogP contribution in [0.15, 0.2) is 42.5 Å². The van der Waals surface area contributed by atoms with Crippen molar-refractivity contribution in [1.82, 2.24) is 4.90 Å². The maximum absolute atomic E-state index is 13.6. The Morgan fingerprint density at radius 1 is 1.14 bits per heavy atom. The van der Waals surface area contributed by atoms with Crippen molar-refractivity contribution in [1.29, 1.82) is 5.26 Å². The lowest BCUT2D eigenvalue weighted by molar-refractivity contribution is -0.137. The molecule has 0 bridgehead atoms. The highest BCUT2D eigenvalue weighted by molar-refractivity contribution is 5.94. The minimum atomic E-state index is -4.60. The number of nitrogens with zero attached hydrogens (tertiary/aromatic N) is 3. The zero-order chi connectivity index (χ0) is 25.5. The number of carbonyl (C=O) groups excluding carboxylic acids is 1. The first kappa shape index (κ1) is 24.6. The van der Waals surface area contributed by atoms with Gasteiger partial charge in [0.1, 0.15) is 0 Å². The van der Waals surface area contributed by atoms with Crippen LogP contribution in [0, 0.1) is 35.5 Å². The molecule has 1 saturated carbocycles. The van der Waals surface area contributed by atoms with Crippen molar-refractivity contribution in [2.45, 2.75) is 32.4 Å². The lowest BCUT2D eigenvalue weighted by atomic mass is 9.73. The predicted octanol–water partition coefficient (Wildman–Crippen LogP) is 5.28. The van der Waals surface area contributed by atoms with Gasteiger partial charge in [0.05, 0.1) is 23.8 Å². The first-order valence-corrected chi connectivity index (χ1v) is 12.5. The number of anilines is 1. The summed E-state index contributed by atoms with van der Waals surface area (Å²) < 4.78 is 47.0. The summed E-state index contributed by atoms with van der Waals surface area (Å²) in [5, 5.41) is 9.17.